The van der Waals surface area contributed by atoms with Crippen molar-refractivity contribution in [3.8, 4) is 91.1 Å². The number of hydrogen-bond donors (Lipinski definition) is 5. The van der Waals surface area contributed by atoms with E-state index in [0.29, 0.717) is 91.8 Å². The zero-order valence-electron chi connectivity index (χ0n) is 56.6. The molecule has 10 heterocycles. The molecule has 18 rings (SSSR count). The summed E-state index contributed by atoms with van der Waals surface area (Å²) in [5.74, 6) is 4.62. The van der Waals surface area contributed by atoms with Gasteiger partial charge in [-0.05, 0) is 49.5 Å². The Labute approximate surface area is 564 Å². The molecule has 480 valence electrons. The van der Waals surface area contributed by atoms with Crippen LogP contribution in [0.3, 0.4) is 0 Å². The van der Waals surface area contributed by atoms with Gasteiger partial charge in [-0.3, -0.25) is 0 Å². The first-order chi connectivity index (χ1) is 47.0. The molecule has 16 bridgehead atoms. The Hall–Kier alpha value is -11.6. The fourth-order valence-electron chi connectivity index (χ4n) is 14.8. The van der Waals surface area contributed by atoms with Crippen molar-refractivity contribution in [2.75, 3.05) is 0 Å². The van der Waals surface area contributed by atoms with E-state index in [2.05, 4.69) is 133 Å². The van der Waals surface area contributed by atoms with Crippen LogP contribution in [0.4, 0.5) is 0 Å². The topological polar surface area (TPSA) is 238 Å². The molecule has 4 aliphatic rings. The minimum absolute atomic E-state index is 0.178. The van der Waals surface area contributed by atoms with Crippen LogP contribution in [-0.4, -0.2) is 84.9 Å². The quantitative estimate of drug-likeness (QED) is 0.103. The number of nitrogens with zero attached hydrogens (tertiary/aromatic N) is 12. The zero-order valence-corrected chi connectivity index (χ0v) is 56.6. The second-order valence-electron chi connectivity index (χ2n) is 29.7. The second kappa shape index (κ2) is 21.7. The predicted molar refractivity (Wildman–Crippen MR) is 393 cm³/mol. The summed E-state index contributed by atoms with van der Waals surface area (Å²) >= 11 is 0. The average Bonchev–Trinajstić information content (AvgIpc) is 1.65. The third-order valence-electron chi connectivity index (χ3n) is 18.9. The molecule has 0 spiro atoms. The van der Waals surface area contributed by atoms with Crippen LogP contribution >= 0.6 is 0 Å². The van der Waals surface area contributed by atoms with Crippen molar-refractivity contribution in [1.29, 1.82) is 0 Å². The Morgan fingerprint density at radius 1 is 0.255 bits per heavy atom. The van der Waals surface area contributed by atoms with Crippen LogP contribution < -0.4 is 0 Å². The van der Waals surface area contributed by atoms with Crippen LogP contribution in [0.5, 0.6) is 0 Å². The van der Waals surface area contributed by atoms with Crippen LogP contribution in [0.25, 0.3) is 179 Å². The lowest BCUT2D eigenvalue weighted by Crippen LogP contribution is -2.30. The summed E-state index contributed by atoms with van der Waals surface area (Å²) in [6.45, 7) is 26.8. The molecule has 17 nitrogen and oxygen atoms in total. The Bertz CT molecular complexity index is 5800. The van der Waals surface area contributed by atoms with Crippen LogP contribution in [0.1, 0.15) is 111 Å². The highest BCUT2D eigenvalue weighted by molar-refractivity contribution is 6.12. The van der Waals surface area contributed by atoms with E-state index in [4.69, 9.17) is 59.8 Å². The smallest absolute Gasteiger partial charge is 0.165 e. The average molecular weight is 1280 g/mol. The van der Waals surface area contributed by atoms with Gasteiger partial charge < -0.3 is 25.0 Å². The van der Waals surface area contributed by atoms with Crippen LogP contribution in [0, 0.1) is 0 Å². The number of nitrogens with one attached hydrogen (secondary N) is 4. The summed E-state index contributed by atoms with van der Waals surface area (Å²) in [6, 6.07) is 54.8. The Kier molecular flexibility index (Phi) is 13.3. The van der Waals surface area contributed by atoms with Gasteiger partial charge in [0, 0.05) is 87.6 Å². The number of aromatic nitrogens is 16. The van der Waals surface area contributed by atoms with Gasteiger partial charge in [0.25, 0.3) is 0 Å². The number of aliphatic hydroxyl groups is 1. The molecule has 98 heavy (non-hydrogen) atoms. The molecule has 4 aliphatic heterocycles. The Balaban J connectivity index is 0.000000157. The number of aliphatic hydroxyl groups excluding tert-OH is 1. The van der Waals surface area contributed by atoms with Crippen molar-refractivity contribution in [2.45, 2.75) is 111 Å². The van der Waals surface area contributed by atoms with Crippen molar-refractivity contribution in [1.82, 2.24) is 79.7 Å². The number of aromatic amines is 4. The maximum atomic E-state index is 11.6. The van der Waals surface area contributed by atoms with Gasteiger partial charge in [0.2, 0.25) is 0 Å². The van der Waals surface area contributed by atoms with Gasteiger partial charge in [0.05, 0.1) is 6.61 Å². The van der Waals surface area contributed by atoms with Crippen LogP contribution in [0.2, 0.25) is 0 Å². The summed E-state index contributed by atoms with van der Waals surface area (Å²) in [5.41, 5.74) is 16.9. The van der Waals surface area contributed by atoms with Gasteiger partial charge in [-0.2, -0.15) is 0 Å². The molecule has 0 amide bonds. The molecule has 0 saturated carbocycles. The van der Waals surface area contributed by atoms with Crippen LogP contribution in [-0.2, 0) is 28.3 Å². The molecule has 0 radical (unpaired) electrons. The number of benzene rings is 8. The number of fused-ring (bicyclic) bond motifs is 40. The molecule has 0 unspecified atom stereocenters. The summed E-state index contributed by atoms with van der Waals surface area (Å²) in [7, 11) is 0. The van der Waals surface area contributed by atoms with Gasteiger partial charge in [-0.15, -0.1) is 0 Å². The molecular weight excluding hydrogens is 1210 g/mol. The number of rotatable bonds is 1. The summed E-state index contributed by atoms with van der Waals surface area (Å²) in [4.78, 5) is 75.9. The monoisotopic (exact) mass is 1280 g/mol. The van der Waals surface area contributed by atoms with Crippen molar-refractivity contribution in [2.24, 2.45) is 0 Å². The first-order valence-electron chi connectivity index (χ1n) is 33.2. The SMILES string of the molecule is CC(C)(C)c1cccc2c1-c1nc-2nc2[nH]c(nc3nc(nc4[nH]c(n1)c1c(C(C)(C)C)c(C(C)(C)C)c(C(C)(C)C)c(CO)c41)-c1ccccc1-3)c1ccccc21.c1ccc2c(c1)-c1nc-2nc2[nH]c(nc3nc(nc4[nH]c(n1)c1ccccc41)-c1ccccc1-3)c1ccccc21. The molecule has 17 heteroatoms. The van der Waals surface area contributed by atoms with Gasteiger partial charge >= 0.3 is 0 Å². The predicted octanol–water partition coefficient (Wildman–Crippen LogP) is 18.4. The minimum Gasteiger partial charge on any atom is -0.392 e. The second-order valence-corrected chi connectivity index (χ2v) is 29.7. The molecule has 0 aliphatic carbocycles. The normalized spacial score (nSPS) is 12.8. The third-order valence-corrected chi connectivity index (χ3v) is 18.9. The Morgan fingerprint density at radius 2 is 0.520 bits per heavy atom. The minimum atomic E-state index is -0.334. The molecular formula is C81H70N16O. The maximum absolute atomic E-state index is 11.6. The van der Waals surface area contributed by atoms with Crippen molar-refractivity contribution in [3.05, 3.63) is 192 Å². The molecule has 0 fully saturated rings. The Morgan fingerprint density at radius 3 is 0.837 bits per heavy atom. The third kappa shape index (κ3) is 9.68. The first-order valence-corrected chi connectivity index (χ1v) is 33.2. The highest BCUT2D eigenvalue weighted by Crippen LogP contribution is 2.50. The fraction of sp³-hybridized carbons (Fsp3) is 0.210. The van der Waals surface area contributed by atoms with E-state index < -0.39 is 0 Å². The van der Waals surface area contributed by atoms with Crippen molar-refractivity contribution in [3.63, 3.8) is 0 Å². The van der Waals surface area contributed by atoms with Crippen molar-refractivity contribution < 1.29 is 5.11 Å². The van der Waals surface area contributed by atoms with Gasteiger partial charge in [0.15, 0.2) is 46.6 Å². The lowest BCUT2D eigenvalue weighted by molar-refractivity contribution is 0.279. The van der Waals surface area contributed by atoms with E-state index in [1.165, 1.54) is 11.1 Å². The number of H-pyrrole nitrogens is 4. The van der Waals surface area contributed by atoms with E-state index in [0.717, 1.165) is 104 Å². The molecule has 14 aromatic rings. The molecule has 5 N–H and O–H groups in total. The van der Waals surface area contributed by atoms with Gasteiger partial charge in [-0.25, -0.2) is 59.8 Å². The summed E-state index contributed by atoms with van der Waals surface area (Å²) in [6.07, 6.45) is 0. The van der Waals surface area contributed by atoms with Gasteiger partial charge in [0.1, 0.15) is 45.2 Å². The van der Waals surface area contributed by atoms with Gasteiger partial charge in [-0.1, -0.05) is 247 Å². The van der Waals surface area contributed by atoms with E-state index in [1.54, 1.807) is 0 Å². The maximum Gasteiger partial charge on any atom is 0.165 e. The zero-order chi connectivity index (χ0) is 67.5. The highest BCUT2D eigenvalue weighted by atomic mass is 16.3. The van der Waals surface area contributed by atoms with E-state index in [-0.39, 0.29) is 28.3 Å². The largest absolute Gasteiger partial charge is 0.392 e. The lowest BCUT2D eigenvalue weighted by atomic mass is 9.66. The molecule has 0 saturated heterocycles. The molecule has 6 aromatic heterocycles. The first kappa shape index (κ1) is 60.1. The standard InChI is InChI=1S/C49H52N8O.C32H18N8/c1-46(2,3)31-23-17-22-29-32(31)43-55-42(29)53-40-26-19-14-13-18-25(26)38(51-40)50-39-27-20-15-16-21-28(27)41(52-39)54-44-33-30(24-58)35(47(4,5)6)37(49(10,11)12)36(48(7,8)9)34(33)45(56-43)57-44;1-2-10-18-17(9-1)25-33-26(18)38-28-21-13-5-6-14-22(21)30(35-28)40-32-24-16-8-7-15-23(24)31(36-32)39-29-20-12-4-3-11-19(20)27(34-29)37-25/h13-23,58H,24H2,1-12H3,(H2,50,51,52,53,54,55,56,57);1-16H,(H2,33,34,35,36,37,38,39,40). The highest BCUT2D eigenvalue weighted by Gasteiger charge is 2.39. The summed E-state index contributed by atoms with van der Waals surface area (Å²) in [5, 5.41) is 19.1. The molecule has 0 atom stereocenters. The van der Waals surface area contributed by atoms with Crippen LogP contribution in [0.15, 0.2) is 164 Å². The fourth-order valence-corrected chi connectivity index (χ4v) is 14.8. The number of hydrogen-bond acceptors (Lipinski definition) is 13. The van der Waals surface area contributed by atoms with E-state index in [1.807, 2.05) is 133 Å². The summed E-state index contributed by atoms with van der Waals surface area (Å²) < 4.78 is 0. The lowest BCUT2D eigenvalue weighted by Gasteiger charge is -2.38. The van der Waals surface area contributed by atoms with E-state index >= 15 is 0 Å². The van der Waals surface area contributed by atoms with Crippen molar-refractivity contribution >= 4 is 88.3 Å². The molecule has 8 aromatic carbocycles. The van der Waals surface area contributed by atoms with E-state index in [9.17, 15) is 5.11 Å².